The van der Waals surface area contributed by atoms with Crippen LogP contribution in [0.25, 0.3) is 0 Å². The van der Waals surface area contributed by atoms with Crippen LogP contribution in [0.4, 0.5) is 13.2 Å². The summed E-state index contributed by atoms with van der Waals surface area (Å²) in [6, 6.07) is 0. The second kappa shape index (κ2) is 2.47. The average Bonchev–Trinajstić information content (AvgIpc) is 1.88. The zero-order chi connectivity index (χ0) is 7.61. The van der Waals surface area contributed by atoms with Gasteiger partial charge < -0.3 is 4.84 Å². The third kappa shape index (κ3) is 1.61. The smallest absolute Gasteiger partial charge is 0.391 e. The molecule has 0 aromatic carbocycles. The first kappa shape index (κ1) is 7.36. The van der Waals surface area contributed by atoms with Gasteiger partial charge in [0.1, 0.15) is 12.9 Å². The Balaban J connectivity index is 2.62. The van der Waals surface area contributed by atoms with Gasteiger partial charge in [-0.3, -0.25) is 4.84 Å². The summed E-state index contributed by atoms with van der Waals surface area (Å²) >= 11 is 0. The molecule has 0 radical (unpaired) electrons. The quantitative estimate of drug-likeness (QED) is 0.563. The van der Waals surface area contributed by atoms with E-state index in [4.69, 9.17) is 0 Å². The Morgan fingerprint density at radius 2 is 2.20 bits per heavy atom. The second-order valence-electron chi connectivity index (χ2n) is 1.63. The molecule has 0 aliphatic carbocycles. The highest BCUT2D eigenvalue weighted by Crippen LogP contribution is 2.26. The van der Waals surface area contributed by atoms with E-state index in [-0.39, 0.29) is 0 Å². The van der Waals surface area contributed by atoms with E-state index in [9.17, 15) is 13.2 Å². The van der Waals surface area contributed by atoms with Crippen molar-refractivity contribution in [3.05, 3.63) is 11.8 Å². The maximum Gasteiger partial charge on any atom is 0.418 e. The van der Waals surface area contributed by atoms with E-state index < -0.39 is 18.4 Å². The molecule has 58 valence electrons. The first-order valence-corrected chi connectivity index (χ1v) is 2.39. The minimum Gasteiger partial charge on any atom is -0.391 e. The largest absolute Gasteiger partial charge is 0.418 e. The minimum atomic E-state index is -4.36. The van der Waals surface area contributed by atoms with Gasteiger partial charge in [0, 0.05) is 0 Å². The summed E-state index contributed by atoms with van der Waals surface area (Å²) in [7, 11) is 0. The number of alkyl halides is 3. The van der Waals surface area contributed by atoms with Crippen molar-refractivity contribution < 1.29 is 22.8 Å². The first-order valence-electron chi connectivity index (χ1n) is 2.39. The van der Waals surface area contributed by atoms with Crippen molar-refractivity contribution in [1.29, 1.82) is 0 Å². The van der Waals surface area contributed by atoms with Crippen LogP contribution in [0.2, 0.25) is 0 Å². The zero-order valence-corrected chi connectivity index (χ0v) is 4.73. The number of hydrogen-bond donors (Lipinski definition) is 1. The van der Waals surface area contributed by atoms with Crippen LogP contribution in [0.3, 0.4) is 0 Å². The van der Waals surface area contributed by atoms with Crippen molar-refractivity contribution in [2.45, 2.75) is 6.18 Å². The molecule has 0 saturated carbocycles. The van der Waals surface area contributed by atoms with Crippen molar-refractivity contribution in [3.63, 3.8) is 0 Å². The fourth-order valence-electron chi connectivity index (χ4n) is 0.419. The van der Waals surface area contributed by atoms with Gasteiger partial charge in [-0.2, -0.15) is 13.2 Å². The van der Waals surface area contributed by atoms with Crippen LogP contribution in [0.15, 0.2) is 11.8 Å². The monoisotopic (exact) mass is 155 g/mol. The lowest BCUT2D eigenvalue weighted by Gasteiger charge is -2.15. The highest BCUT2D eigenvalue weighted by atomic mass is 19.4. The molecule has 1 aliphatic heterocycles. The molecular weight excluding hydrogens is 151 g/mol. The van der Waals surface area contributed by atoms with E-state index in [2.05, 4.69) is 9.68 Å². The molecule has 0 aromatic rings. The molecular formula is C4H4F3NO2. The van der Waals surface area contributed by atoms with Gasteiger partial charge in [-0.15, -0.1) is 0 Å². The van der Waals surface area contributed by atoms with Crippen molar-refractivity contribution in [3.8, 4) is 0 Å². The Hall–Kier alpha value is -0.750. The standard InChI is InChI=1S/C4H4F3NO2/c5-4(6,7)3-1-9-8-10-2-3/h1,8H,2H2. The summed E-state index contributed by atoms with van der Waals surface area (Å²) in [4.78, 5) is 8.20. The molecule has 1 aliphatic rings. The van der Waals surface area contributed by atoms with Gasteiger partial charge >= 0.3 is 6.18 Å². The fourth-order valence-corrected chi connectivity index (χ4v) is 0.419. The molecule has 0 unspecified atom stereocenters. The lowest BCUT2D eigenvalue weighted by atomic mass is 10.3. The normalized spacial score (nSPS) is 19.7. The topological polar surface area (TPSA) is 30.5 Å². The highest BCUT2D eigenvalue weighted by molar-refractivity contribution is 5.06. The SMILES string of the molecule is FC(F)(F)C1=CONOC1. The van der Waals surface area contributed by atoms with Gasteiger partial charge in [-0.05, 0) is 5.64 Å². The van der Waals surface area contributed by atoms with Crippen molar-refractivity contribution >= 4 is 0 Å². The molecule has 3 nitrogen and oxygen atoms in total. The molecule has 0 spiro atoms. The van der Waals surface area contributed by atoms with E-state index in [0.717, 1.165) is 0 Å². The van der Waals surface area contributed by atoms with Crippen LogP contribution in [-0.4, -0.2) is 12.8 Å². The van der Waals surface area contributed by atoms with E-state index in [0.29, 0.717) is 6.26 Å². The number of hydrogen-bond acceptors (Lipinski definition) is 3. The van der Waals surface area contributed by atoms with Crippen molar-refractivity contribution in [1.82, 2.24) is 5.64 Å². The average molecular weight is 155 g/mol. The van der Waals surface area contributed by atoms with Gasteiger partial charge in [0.15, 0.2) is 0 Å². The zero-order valence-electron chi connectivity index (χ0n) is 4.73. The summed E-state index contributed by atoms with van der Waals surface area (Å²) in [5.74, 6) is 0. The molecule has 10 heavy (non-hydrogen) atoms. The summed E-state index contributed by atoms with van der Waals surface area (Å²) < 4.78 is 35.1. The number of nitrogens with one attached hydrogen (secondary N) is 1. The number of halogens is 3. The first-order chi connectivity index (χ1) is 4.61. The van der Waals surface area contributed by atoms with Gasteiger partial charge in [0.2, 0.25) is 0 Å². The molecule has 6 heteroatoms. The van der Waals surface area contributed by atoms with Crippen LogP contribution in [0.1, 0.15) is 0 Å². The van der Waals surface area contributed by atoms with Gasteiger partial charge in [0.25, 0.3) is 0 Å². The lowest BCUT2D eigenvalue weighted by molar-refractivity contribution is -0.174. The van der Waals surface area contributed by atoms with Crippen LogP contribution >= 0.6 is 0 Å². The predicted molar refractivity (Wildman–Crippen MR) is 24.3 cm³/mol. The van der Waals surface area contributed by atoms with E-state index >= 15 is 0 Å². The molecule has 0 fully saturated rings. The van der Waals surface area contributed by atoms with Gasteiger partial charge in [0.05, 0.1) is 5.57 Å². The van der Waals surface area contributed by atoms with Crippen LogP contribution < -0.4 is 5.64 Å². The van der Waals surface area contributed by atoms with Crippen LogP contribution in [0.5, 0.6) is 0 Å². The highest BCUT2D eigenvalue weighted by Gasteiger charge is 2.35. The van der Waals surface area contributed by atoms with Crippen molar-refractivity contribution in [2.24, 2.45) is 0 Å². The van der Waals surface area contributed by atoms with Crippen molar-refractivity contribution in [2.75, 3.05) is 6.61 Å². The van der Waals surface area contributed by atoms with E-state index in [1.165, 1.54) is 0 Å². The van der Waals surface area contributed by atoms with Gasteiger partial charge in [-0.25, -0.2) is 0 Å². The van der Waals surface area contributed by atoms with E-state index in [1.807, 2.05) is 5.64 Å². The lowest BCUT2D eigenvalue weighted by Crippen LogP contribution is -2.26. The third-order valence-corrected chi connectivity index (χ3v) is 0.900. The molecule has 0 saturated heterocycles. The van der Waals surface area contributed by atoms with Crippen LogP contribution in [0, 0.1) is 0 Å². The maximum atomic E-state index is 11.7. The fraction of sp³-hybridized carbons (Fsp3) is 0.500. The van der Waals surface area contributed by atoms with Crippen LogP contribution in [-0.2, 0) is 9.68 Å². The molecule has 0 atom stereocenters. The van der Waals surface area contributed by atoms with E-state index in [1.54, 1.807) is 0 Å². The second-order valence-corrected chi connectivity index (χ2v) is 1.63. The molecule has 1 heterocycles. The third-order valence-electron chi connectivity index (χ3n) is 0.900. The van der Waals surface area contributed by atoms with Gasteiger partial charge in [-0.1, -0.05) is 0 Å². The maximum absolute atomic E-state index is 11.7. The predicted octanol–water partition coefficient (Wildman–Crippen LogP) is 0.899. The Kier molecular flexibility index (Phi) is 1.82. The Labute approximate surface area is 54.3 Å². The Morgan fingerprint density at radius 1 is 1.50 bits per heavy atom. The Morgan fingerprint density at radius 3 is 2.50 bits per heavy atom. The molecule has 0 bridgehead atoms. The summed E-state index contributed by atoms with van der Waals surface area (Å²) in [6.07, 6.45) is -3.79. The Bertz CT molecular complexity index is 153. The molecule has 0 aromatic heterocycles. The number of rotatable bonds is 0. The summed E-state index contributed by atoms with van der Waals surface area (Å²) in [6.45, 7) is -0.524. The molecule has 1 rings (SSSR count). The molecule has 0 amide bonds. The summed E-state index contributed by atoms with van der Waals surface area (Å²) in [5.41, 5.74) is 0.969. The molecule has 1 N–H and O–H groups in total. The summed E-state index contributed by atoms with van der Waals surface area (Å²) in [5, 5.41) is 0. The minimum absolute atomic E-state index is 0.524.